The number of β-amino-alcohol motifs (C(OH)–C–C–N with tert-alkyl or cyclic N) is 1. The van der Waals surface area contributed by atoms with Gasteiger partial charge in [-0.15, -0.1) is 11.3 Å². The number of nitrogens with zero attached hydrogens (tertiary/aromatic N) is 1. The van der Waals surface area contributed by atoms with Crippen molar-refractivity contribution < 1.29 is 18.3 Å². The highest BCUT2D eigenvalue weighted by molar-refractivity contribution is 7.91. The fourth-order valence-electron chi connectivity index (χ4n) is 1.87. The maximum atomic E-state index is 12.2. The standard InChI is InChI=1S/C10H15NO4S2/c1-15-5-2-4-11-7-9(12)8-3-6-16-10(8)17(11,13)14/h3,6,9,12H,2,4-5,7H2,1H3/t9-/m0/s1. The Morgan fingerprint density at radius 2 is 2.41 bits per heavy atom. The molecule has 0 spiro atoms. The molecule has 1 N–H and O–H groups in total. The van der Waals surface area contributed by atoms with Crippen molar-refractivity contribution in [3.63, 3.8) is 0 Å². The van der Waals surface area contributed by atoms with Crippen molar-refractivity contribution >= 4 is 21.4 Å². The number of aliphatic hydroxyl groups is 1. The SMILES string of the molecule is COCCCN1C[C@H](O)c2ccsc2S1(=O)=O. The van der Waals surface area contributed by atoms with E-state index in [0.29, 0.717) is 25.1 Å². The smallest absolute Gasteiger partial charge is 0.253 e. The van der Waals surface area contributed by atoms with Gasteiger partial charge in [-0.25, -0.2) is 8.42 Å². The molecule has 0 fully saturated rings. The monoisotopic (exact) mass is 277 g/mol. The third-order valence-corrected chi connectivity index (χ3v) is 6.08. The van der Waals surface area contributed by atoms with E-state index in [4.69, 9.17) is 4.74 Å². The summed E-state index contributed by atoms with van der Waals surface area (Å²) in [6.45, 7) is 1.03. The van der Waals surface area contributed by atoms with Gasteiger partial charge in [0.25, 0.3) is 10.0 Å². The quantitative estimate of drug-likeness (QED) is 0.828. The van der Waals surface area contributed by atoms with Gasteiger partial charge in [0.2, 0.25) is 0 Å². The lowest BCUT2D eigenvalue weighted by Crippen LogP contribution is -2.39. The lowest BCUT2D eigenvalue weighted by Gasteiger charge is -2.29. The average Bonchev–Trinajstić information content (AvgIpc) is 2.76. The molecule has 17 heavy (non-hydrogen) atoms. The van der Waals surface area contributed by atoms with Crippen LogP contribution in [0.25, 0.3) is 0 Å². The second-order valence-electron chi connectivity index (χ2n) is 3.89. The molecule has 7 heteroatoms. The molecule has 0 amide bonds. The van der Waals surface area contributed by atoms with E-state index in [9.17, 15) is 13.5 Å². The summed E-state index contributed by atoms with van der Waals surface area (Å²) < 4.78 is 30.9. The molecule has 1 atom stereocenters. The van der Waals surface area contributed by atoms with Crippen molar-refractivity contribution in [3.05, 3.63) is 17.0 Å². The van der Waals surface area contributed by atoms with Gasteiger partial charge in [-0.05, 0) is 17.9 Å². The minimum absolute atomic E-state index is 0.135. The van der Waals surface area contributed by atoms with Crippen molar-refractivity contribution in [2.24, 2.45) is 0 Å². The Balaban J connectivity index is 2.22. The predicted octanol–water partition coefficient (Wildman–Crippen LogP) is 0.822. The zero-order chi connectivity index (χ0) is 12.5. The van der Waals surface area contributed by atoms with E-state index < -0.39 is 16.1 Å². The first kappa shape index (κ1) is 13.0. The molecular formula is C10H15NO4S2. The van der Waals surface area contributed by atoms with Gasteiger partial charge < -0.3 is 9.84 Å². The van der Waals surface area contributed by atoms with Crippen molar-refractivity contribution in [2.75, 3.05) is 26.8 Å². The number of methoxy groups -OCH3 is 1. The molecule has 2 rings (SSSR count). The van der Waals surface area contributed by atoms with Crippen LogP contribution in [-0.2, 0) is 14.8 Å². The molecule has 0 aliphatic carbocycles. The minimum atomic E-state index is -3.42. The van der Waals surface area contributed by atoms with E-state index in [-0.39, 0.29) is 10.8 Å². The summed E-state index contributed by atoms with van der Waals surface area (Å²) in [5.74, 6) is 0. The van der Waals surface area contributed by atoms with Gasteiger partial charge in [0.05, 0.1) is 6.10 Å². The summed E-state index contributed by atoms with van der Waals surface area (Å²) in [4.78, 5) is 0. The third kappa shape index (κ3) is 2.38. The van der Waals surface area contributed by atoms with Gasteiger partial charge >= 0.3 is 0 Å². The number of aliphatic hydroxyl groups excluding tert-OH is 1. The number of rotatable bonds is 4. The largest absolute Gasteiger partial charge is 0.387 e. The Hall–Kier alpha value is -0.470. The van der Waals surface area contributed by atoms with Crippen LogP contribution in [0.15, 0.2) is 15.7 Å². The van der Waals surface area contributed by atoms with Gasteiger partial charge in [-0.3, -0.25) is 0 Å². The third-order valence-electron chi connectivity index (χ3n) is 2.72. The second-order valence-corrected chi connectivity index (χ2v) is 6.94. The zero-order valence-corrected chi connectivity index (χ0v) is 11.1. The minimum Gasteiger partial charge on any atom is -0.387 e. The van der Waals surface area contributed by atoms with Crippen molar-refractivity contribution in [3.8, 4) is 0 Å². The highest BCUT2D eigenvalue weighted by atomic mass is 32.2. The normalized spacial score (nSPS) is 23.5. The summed E-state index contributed by atoms with van der Waals surface area (Å²) in [5, 5.41) is 11.6. The molecule has 0 saturated carbocycles. The number of thiophene rings is 1. The zero-order valence-electron chi connectivity index (χ0n) is 9.50. The maximum absolute atomic E-state index is 12.2. The van der Waals surface area contributed by atoms with Crippen molar-refractivity contribution in [2.45, 2.75) is 16.7 Å². The molecule has 1 aromatic heterocycles. The van der Waals surface area contributed by atoms with Crippen LogP contribution in [-0.4, -0.2) is 44.6 Å². The molecule has 1 aliphatic heterocycles. The second kappa shape index (κ2) is 5.03. The van der Waals surface area contributed by atoms with Gasteiger partial charge in [0.15, 0.2) is 0 Å². The van der Waals surface area contributed by atoms with Crippen LogP contribution in [0.1, 0.15) is 18.1 Å². The average molecular weight is 277 g/mol. The Kier molecular flexibility index (Phi) is 3.84. The van der Waals surface area contributed by atoms with Crippen LogP contribution >= 0.6 is 11.3 Å². The summed E-state index contributed by atoms with van der Waals surface area (Å²) in [5.41, 5.74) is 0.526. The summed E-state index contributed by atoms with van der Waals surface area (Å²) >= 11 is 1.16. The van der Waals surface area contributed by atoms with Crippen molar-refractivity contribution in [1.29, 1.82) is 0 Å². The molecule has 0 unspecified atom stereocenters. The van der Waals surface area contributed by atoms with Crippen LogP contribution < -0.4 is 0 Å². The summed E-state index contributed by atoms with van der Waals surface area (Å²) in [7, 11) is -1.84. The van der Waals surface area contributed by atoms with E-state index in [1.807, 2.05) is 0 Å². The van der Waals surface area contributed by atoms with Crippen LogP contribution in [0.2, 0.25) is 0 Å². The Morgan fingerprint density at radius 3 is 3.12 bits per heavy atom. The molecular weight excluding hydrogens is 262 g/mol. The van der Waals surface area contributed by atoms with Gasteiger partial charge in [0, 0.05) is 32.4 Å². The number of sulfonamides is 1. The van der Waals surface area contributed by atoms with E-state index in [2.05, 4.69) is 0 Å². The molecule has 96 valence electrons. The van der Waals surface area contributed by atoms with Crippen LogP contribution in [0, 0.1) is 0 Å². The van der Waals surface area contributed by atoms with Crippen LogP contribution in [0.5, 0.6) is 0 Å². The first-order valence-electron chi connectivity index (χ1n) is 5.32. The molecule has 1 aromatic rings. The Morgan fingerprint density at radius 1 is 1.65 bits per heavy atom. The van der Waals surface area contributed by atoms with E-state index >= 15 is 0 Å². The van der Waals surface area contributed by atoms with Crippen LogP contribution in [0.3, 0.4) is 0 Å². The molecule has 2 heterocycles. The number of hydrogen-bond acceptors (Lipinski definition) is 5. The lowest BCUT2D eigenvalue weighted by molar-refractivity contribution is 0.131. The van der Waals surface area contributed by atoms with E-state index in [1.54, 1.807) is 18.6 Å². The molecule has 0 aromatic carbocycles. The van der Waals surface area contributed by atoms with Gasteiger partial charge in [-0.1, -0.05) is 0 Å². The predicted molar refractivity (Wildman–Crippen MR) is 64.5 cm³/mol. The van der Waals surface area contributed by atoms with Crippen LogP contribution in [0.4, 0.5) is 0 Å². The van der Waals surface area contributed by atoms with Gasteiger partial charge in [0.1, 0.15) is 4.21 Å². The number of fused-ring (bicyclic) bond motifs is 1. The molecule has 5 nitrogen and oxygen atoms in total. The molecule has 1 aliphatic rings. The molecule has 0 bridgehead atoms. The Labute approximate surface area is 105 Å². The summed E-state index contributed by atoms with van der Waals surface area (Å²) in [6.07, 6.45) is -0.0919. The topological polar surface area (TPSA) is 66.8 Å². The summed E-state index contributed by atoms with van der Waals surface area (Å²) in [6, 6.07) is 1.68. The number of hydrogen-bond donors (Lipinski definition) is 1. The fraction of sp³-hybridized carbons (Fsp3) is 0.600. The van der Waals surface area contributed by atoms with E-state index in [0.717, 1.165) is 11.3 Å². The highest BCUT2D eigenvalue weighted by Gasteiger charge is 2.36. The molecule has 0 radical (unpaired) electrons. The Bertz CT molecular complexity index is 482. The van der Waals surface area contributed by atoms with Gasteiger partial charge in [-0.2, -0.15) is 4.31 Å². The lowest BCUT2D eigenvalue weighted by atomic mass is 10.2. The fourth-order valence-corrected chi connectivity index (χ4v) is 4.96. The van der Waals surface area contributed by atoms with E-state index in [1.165, 1.54) is 4.31 Å². The first-order valence-corrected chi connectivity index (χ1v) is 7.64. The molecule has 0 saturated heterocycles. The number of ether oxygens (including phenoxy) is 1. The van der Waals surface area contributed by atoms with Crippen molar-refractivity contribution in [1.82, 2.24) is 4.31 Å². The highest BCUT2D eigenvalue weighted by Crippen LogP contribution is 2.35. The first-order chi connectivity index (χ1) is 8.07. The maximum Gasteiger partial charge on any atom is 0.253 e.